The first-order valence-electron chi connectivity index (χ1n) is 6.46. The number of rotatable bonds is 3. The van der Waals surface area contributed by atoms with Crippen molar-refractivity contribution in [3.63, 3.8) is 0 Å². The second kappa shape index (κ2) is 5.80. The Bertz CT molecular complexity index is 763. The summed E-state index contributed by atoms with van der Waals surface area (Å²) in [7, 11) is 0. The van der Waals surface area contributed by atoms with Gasteiger partial charge in [-0.3, -0.25) is 4.68 Å². The van der Waals surface area contributed by atoms with E-state index in [1.807, 2.05) is 54.7 Å². The normalized spacial score (nSPS) is 10.8. The quantitative estimate of drug-likeness (QED) is 0.773. The molecule has 3 nitrogen and oxygen atoms in total. The Morgan fingerprint density at radius 2 is 1.71 bits per heavy atom. The third kappa shape index (κ3) is 3.04. The van der Waals surface area contributed by atoms with Gasteiger partial charge in [0, 0.05) is 21.8 Å². The Kier molecular flexibility index (Phi) is 3.86. The van der Waals surface area contributed by atoms with Gasteiger partial charge in [0.15, 0.2) is 0 Å². The lowest BCUT2D eigenvalue weighted by molar-refractivity contribution is 0.690. The van der Waals surface area contributed by atoms with E-state index in [1.54, 1.807) is 4.68 Å². The summed E-state index contributed by atoms with van der Waals surface area (Å²) in [6.07, 6.45) is 1.81. The average Bonchev–Trinajstić information content (AvgIpc) is 2.83. The average molecular weight is 318 g/mol. The second-order valence-corrected chi connectivity index (χ2v) is 5.57. The Morgan fingerprint density at radius 1 is 1.00 bits per heavy atom. The zero-order chi connectivity index (χ0) is 14.8. The fourth-order valence-corrected chi connectivity index (χ4v) is 2.47. The van der Waals surface area contributed by atoms with Gasteiger partial charge in [0.1, 0.15) is 5.69 Å². The van der Waals surface area contributed by atoms with E-state index < -0.39 is 0 Å². The van der Waals surface area contributed by atoms with Crippen molar-refractivity contribution < 1.29 is 0 Å². The second-order valence-electron chi connectivity index (χ2n) is 4.73. The van der Waals surface area contributed by atoms with E-state index in [0.717, 1.165) is 21.8 Å². The molecular formula is C16H13Cl2N3. The highest BCUT2D eigenvalue weighted by Crippen LogP contribution is 2.26. The highest BCUT2D eigenvalue weighted by Gasteiger charge is 2.09. The van der Waals surface area contributed by atoms with Crippen molar-refractivity contribution in [2.24, 2.45) is 0 Å². The molecule has 1 aromatic heterocycles. The van der Waals surface area contributed by atoms with Gasteiger partial charge in [-0.15, -0.1) is 0 Å². The van der Waals surface area contributed by atoms with Crippen LogP contribution in [0.15, 0.2) is 54.7 Å². The van der Waals surface area contributed by atoms with Crippen LogP contribution in [0.25, 0.3) is 11.3 Å². The van der Waals surface area contributed by atoms with E-state index in [4.69, 9.17) is 28.9 Å². The molecule has 0 aliphatic carbocycles. The number of halogens is 2. The molecule has 0 saturated heterocycles. The number of nitrogens with two attached hydrogens (primary N) is 1. The van der Waals surface area contributed by atoms with E-state index in [9.17, 15) is 0 Å². The Morgan fingerprint density at radius 3 is 2.43 bits per heavy atom. The van der Waals surface area contributed by atoms with E-state index in [-0.39, 0.29) is 0 Å². The first-order valence-corrected chi connectivity index (χ1v) is 7.21. The van der Waals surface area contributed by atoms with Gasteiger partial charge >= 0.3 is 0 Å². The summed E-state index contributed by atoms with van der Waals surface area (Å²) in [5.41, 5.74) is 9.38. The molecule has 2 aromatic carbocycles. The monoisotopic (exact) mass is 317 g/mol. The van der Waals surface area contributed by atoms with Crippen molar-refractivity contribution in [2.75, 3.05) is 5.73 Å². The van der Waals surface area contributed by atoms with Crippen molar-refractivity contribution >= 4 is 28.9 Å². The molecule has 0 spiro atoms. The molecule has 0 amide bonds. The summed E-state index contributed by atoms with van der Waals surface area (Å²) >= 11 is 12.1. The number of nitrogens with zero attached hydrogens (tertiary/aromatic N) is 2. The van der Waals surface area contributed by atoms with Crippen LogP contribution in [0.4, 0.5) is 5.69 Å². The number of nitrogen functional groups attached to an aromatic ring is 1. The maximum Gasteiger partial charge on any atom is 0.115 e. The van der Waals surface area contributed by atoms with Crippen molar-refractivity contribution in [1.29, 1.82) is 0 Å². The van der Waals surface area contributed by atoms with Crippen LogP contribution in [-0.2, 0) is 6.54 Å². The van der Waals surface area contributed by atoms with Gasteiger partial charge in [0.05, 0.1) is 12.2 Å². The van der Waals surface area contributed by atoms with Gasteiger partial charge in [-0.1, -0.05) is 53.5 Å². The van der Waals surface area contributed by atoms with Crippen molar-refractivity contribution in [1.82, 2.24) is 9.78 Å². The maximum atomic E-state index is 6.17. The Hall–Kier alpha value is -1.97. The smallest absolute Gasteiger partial charge is 0.115 e. The summed E-state index contributed by atoms with van der Waals surface area (Å²) in [6.45, 7) is 0.581. The molecule has 0 unspecified atom stereocenters. The molecule has 1 heterocycles. The molecule has 106 valence electrons. The maximum absolute atomic E-state index is 6.17. The van der Waals surface area contributed by atoms with Crippen LogP contribution >= 0.6 is 23.2 Å². The predicted molar refractivity (Wildman–Crippen MR) is 87.6 cm³/mol. The van der Waals surface area contributed by atoms with Crippen LogP contribution in [-0.4, -0.2) is 9.78 Å². The lowest BCUT2D eigenvalue weighted by Crippen LogP contribution is -2.00. The van der Waals surface area contributed by atoms with E-state index in [0.29, 0.717) is 17.3 Å². The van der Waals surface area contributed by atoms with Gasteiger partial charge in [-0.25, -0.2) is 0 Å². The fraction of sp³-hybridized carbons (Fsp3) is 0.0625. The van der Waals surface area contributed by atoms with Crippen LogP contribution in [0.3, 0.4) is 0 Å². The molecule has 5 heteroatoms. The largest absolute Gasteiger partial charge is 0.396 e. The first-order chi connectivity index (χ1) is 10.1. The standard InChI is InChI=1S/C16H13Cl2N3/c17-13-7-5-11(6-8-13)16-15(19)10-21(20-16)9-12-3-1-2-4-14(12)18/h1-8,10H,9,19H2. The molecule has 0 atom stereocenters. The van der Waals surface area contributed by atoms with E-state index >= 15 is 0 Å². The SMILES string of the molecule is Nc1cn(Cc2ccccc2Cl)nc1-c1ccc(Cl)cc1. The molecule has 0 saturated carbocycles. The van der Waals surface area contributed by atoms with Crippen LogP contribution < -0.4 is 5.73 Å². The topological polar surface area (TPSA) is 43.8 Å². The third-order valence-electron chi connectivity index (χ3n) is 3.20. The zero-order valence-corrected chi connectivity index (χ0v) is 12.6. The number of anilines is 1. The minimum Gasteiger partial charge on any atom is -0.396 e. The molecule has 0 aliphatic rings. The van der Waals surface area contributed by atoms with E-state index in [2.05, 4.69) is 5.10 Å². The number of benzene rings is 2. The first kappa shape index (κ1) is 14.0. The lowest BCUT2D eigenvalue weighted by atomic mass is 10.1. The Labute approximate surface area is 132 Å². The van der Waals surface area contributed by atoms with Gasteiger partial charge in [0.2, 0.25) is 0 Å². The summed E-state index contributed by atoms with van der Waals surface area (Å²) in [5, 5.41) is 5.95. The van der Waals surface area contributed by atoms with Crippen LogP contribution in [0.1, 0.15) is 5.56 Å². The van der Waals surface area contributed by atoms with Crippen molar-refractivity contribution in [3.05, 3.63) is 70.3 Å². The lowest BCUT2D eigenvalue weighted by Gasteiger charge is -2.04. The molecule has 0 aliphatic heterocycles. The molecule has 0 radical (unpaired) electrons. The van der Waals surface area contributed by atoms with E-state index in [1.165, 1.54) is 0 Å². The highest BCUT2D eigenvalue weighted by molar-refractivity contribution is 6.31. The zero-order valence-electron chi connectivity index (χ0n) is 11.1. The third-order valence-corrected chi connectivity index (χ3v) is 3.82. The molecule has 0 bridgehead atoms. The van der Waals surface area contributed by atoms with Gasteiger partial charge in [-0.2, -0.15) is 5.10 Å². The minimum atomic E-state index is 0.581. The van der Waals surface area contributed by atoms with Crippen molar-refractivity contribution in [2.45, 2.75) is 6.54 Å². The molecule has 0 fully saturated rings. The number of hydrogen-bond donors (Lipinski definition) is 1. The number of hydrogen-bond acceptors (Lipinski definition) is 2. The molecule has 3 aromatic rings. The highest BCUT2D eigenvalue weighted by atomic mass is 35.5. The Balaban J connectivity index is 1.91. The van der Waals surface area contributed by atoms with Gasteiger partial charge < -0.3 is 5.73 Å². The summed E-state index contributed by atoms with van der Waals surface area (Å²) in [5.74, 6) is 0. The molecule has 21 heavy (non-hydrogen) atoms. The predicted octanol–water partition coefficient (Wildman–Crippen LogP) is 4.49. The van der Waals surface area contributed by atoms with Crippen LogP contribution in [0.2, 0.25) is 10.0 Å². The van der Waals surface area contributed by atoms with Gasteiger partial charge in [0.25, 0.3) is 0 Å². The van der Waals surface area contributed by atoms with Crippen LogP contribution in [0, 0.1) is 0 Å². The molecule has 3 rings (SSSR count). The van der Waals surface area contributed by atoms with Gasteiger partial charge in [-0.05, 0) is 23.8 Å². The summed E-state index contributed by atoms with van der Waals surface area (Å²) in [6, 6.07) is 15.1. The number of aromatic nitrogens is 2. The molecule has 2 N–H and O–H groups in total. The summed E-state index contributed by atoms with van der Waals surface area (Å²) in [4.78, 5) is 0. The fourth-order valence-electron chi connectivity index (χ4n) is 2.15. The molecular weight excluding hydrogens is 305 g/mol. The minimum absolute atomic E-state index is 0.581. The van der Waals surface area contributed by atoms with Crippen molar-refractivity contribution in [3.8, 4) is 11.3 Å². The van der Waals surface area contributed by atoms with Crippen LogP contribution in [0.5, 0.6) is 0 Å². The summed E-state index contributed by atoms with van der Waals surface area (Å²) < 4.78 is 1.79.